The molecule has 4 aromatic rings. The Morgan fingerprint density at radius 3 is 2.83 bits per heavy atom. The summed E-state index contributed by atoms with van der Waals surface area (Å²) < 4.78 is 9.15. The molecule has 1 saturated carbocycles. The lowest BCUT2D eigenvalue weighted by Crippen LogP contribution is -2.41. The van der Waals surface area contributed by atoms with Crippen molar-refractivity contribution in [3.63, 3.8) is 0 Å². The van der Waals surface area contributed by atoms with Gasteiger partial charge in [-0.3, -0.25) is 14.3 Å². The van der Waals surface area contributed by atoms with Crippen molar-refractivity contribution in [3.8, 4) is 5.75 Å². The highest BCUT2D eigenvalue weighted by atomic mass is 16.5. The van der Waals surface area contributed by atoms with E-state index in [0.29, 0.717) is 28.6 Å². The number of ether oxygens (including phenoxy) is 1. The fourth-order valence-electron chi connectivity index (χ4n) is 5.05. The van der Waals surface area contributed by atoms with Gasteiger partial charge in [0.05, 0.1) is 30.4 Å². The molecule has 2 unspecified atom stereocenters. The number of anilines is 1. The number of methoxy groups -OCH3 is 1. The molecule has 1 aliphatic carbocycles. The summed E-state index contributed by atoms with van der Waals surface area (Å²) in [6, 6.07) is 5.87. The summed E-state index contributed by atoms with van der Waals surface area (Å²) in [6.45, 7) is 3.82. The maximum atomic E-state index is 13.2. The molecule has 182 valence electrons. The van der Waals surface area contributed by atoms with Crippen LogP contribution in [0.25, 0.3) is 16.6 Å². The smallest absolute Gasteiger partial charge is 0.259 e. The fraction of sp³-hybridized carbons (Fsp3) is 0.400. The van der Waals surface area contributed by atoms with Gasteiger partial charge in [0.1, 0.15) is 11.4 Å². The van der Waals surface area contributed by atoms with Crippen LogP contribution in [-0.2, 0) is 4.79 Å². The molecule has 0 saturated heterocycles. The van der Waals surface area contributed by atoms with E-state index in [1.807, 2.05) is 28.9 Å². The molecule has 0 radical (unpaired) electrons. The molecule has 35 heavy (non-hydrogen) atoms. The van der Waals surface area contributed by atoms with Crippen LogP contribution in [0.1, 0.15) is 49.5 Å². The highest BCUT2D eigenvalue weighted by Gasteiger charge is 2.32. The number of hydrogen-bond donors (Lipinski definition) is 1. The van der Waals surface area contributed by atoms with Crippen LogP contribution in [0.5, 0.6) is 5.75 Å². The van der Waals surface area contributed by atoms with Gasteiger partial charge in [0.25, 0.3) is 5.91 Å². The maximum Gasteiger partial charge on any atom is 0.259 e. The molecule has 3 heterocycles. The van der Waals surface area contributed by atoms with E-state index in [1.54, 1.807) is 49.3 Å². The number of carbonyl (C=O) groups excluding carboxylic acids is 2. The zero-order valence-corrected chi connectivity index (χ0v) is 20.3. The Morgan fingerprint density at radius 2 is 2.09 bits per heavy atom. The zero-order chi connectivity index (χ0) is 24.7. The summed E-state index contributed by atoms with van der Waals surface area (Å²) in [5.74, 6) is 0.601. The highest BCUT2D eigenvalue weighted by molar-refractivity contribution is 6.09. The van der Waals surface area contributed by atoms with Crippen LogP contribution < -0.4 is 10.1 Å². The summed E-state index contributed by atoms with van der Waals surface area (Å²) in [7, 11) is 3.42. The normalized spacial score (nSPS) is 20.2. The van der Waals surface area contributed by atoms with Crippen LogP contribution in [0.15, 0.2) is 43.0 Å². The lowest BCUT2D eigenvalue weighted by atomic mass is 9.82. The predicted molar refractivity (Wildman–Crippen MR) is 132 cm³/mol. The second-order valence-electron chi connectivity index (χ2n) is 9.26. The topological polar surface area (TPSA) is 107 Å². The largest absolute Gasteiger partial charge is 0.496 e. The molecule has 0 aliphatic heterocycles. The number of fused-ring (bicyclic) bond motifs is 2. The number of benzene rings is 1. The van der Waals surface area contributed by atoms with E-state index < -0.39 is 0 Å². The fourth-order valence-corrected chi connectivity index (χ4v) is 5.05. The number of hydrogen-bond acceptors (Lipinski definition) is 6. The van der Waals surface area contributed by atoms with Crippen molar-refractivity contribution >= 4 is 34.1 Å². The molecule has 1 N–H and O–H groups in total. The van der Waals surface area contributed by atoms with E-state index >= 15 is 0 Å². The monoisotopic (exact) mass is 475 g/mol. The molecule has 0 bridgehead atoms. The Labute approximate surface area is 202 Å². The number of nitrogens with one attached hydrogen (secondary N) is 1. The summed E-state index contributed by atoms with van der Waals surface area (Å²) in [5, 5.41) is 12.8. The van der Waals surface area contributed by atoms with Gasteiger partial charge in [-0.05, 0) is 37.3 Å². The van der Waals surface area contributed by atoms with E-state index in [0.717, 1.165) is 30.2 Å². The van der Waals surface area contributed by atoms with E-state index in [-0.39, 0.29) is 23.9 Å². The number of carbonyl (C=O) groups is 2. The van der Waals surface area contributed by atoms with Gasteiger partial charge in [-0.25, -0.2) is 9.50 Å². The minimum Gasteiger partial charge on any atom is -0.496 e. The quantitative estimate of drug-likeness (QED) is 0.473. The van der Waals surface area contributed by atoms with E-state index in [9.17, 15) is 9.59 Å². The maximum absolute atomic E-state index is 13.2. The first-order valence-electron chi connectivity index (χ1n) is 11.8. The Bertz CT molecular complexity index is 1410. The van der Waals surface area contributed by atoms with Crippen molar-refractivity contribution in [2.24, 2.45) is 5.92 Å². The van der Waals surface area contributed by atoms with Gasteiger partial charge >= 0.3 is 0 Å². The minimum absolute atomic E-state index is 0.100. The first-order chi connectivity index (χ1) is 16.9. The third-order valence-electron chi connectivity index (χ3n) is 7.10. The van der Waals surface area contributed by atoms with Crippen LogP contribution in [-0.4, -0.2) is 61.3 Å². The summed E-state index contributed by atoms with van der Waals surface area (Å²) in [6.07, 6.45) is 9.80. The van der Waals surface area contributed by atoms with Gasteiger partial charge in [0.15, 0.2) is 5.65 Å². The number of amides is 2. The van der Waals surface area contributed by atoms with Gasteiger partial charge < -0.3 is 15.0 Å². The molecule has 10 nitrogen and oxygen atoms in total. The zero-order valence-electron chi connectivity index (χ0n) is 20.3. The predicted octanol–water partition coefficient (Wildman–Crippen LogP) is 3.55. The molecule has 3 aromatic heterocycles. The third kappa shape index (κ3) is 4.20. The van der Waals surface area contributed by atoms with Gasteiger partial charge in [-0.1, -0.05) is 6.92 Å². The second-order valence-corrected chi connectivity index (χ2v) is 9.26. The summed E-state index contributed by atoms with van der Waals surface area (Å²) in [5.41, 5.74) is 2.27. The average Bonchev–Trinajstić information content (AvgIpc) is 3.46. The molecule has 0 spiro atoms. The van der Waals surface area contributed by atoms with Gasteiger partial charge in [-0.2, -0.15) is 10.2 Å². The molecule has 1 aromatic carbocycles. The SMILES string of the molecule is COc1cc2nn(C3CCC(N(C)C(C)=O)C[C@@H]3C)cc2cc1C(=O)Nc1cnn2cccnc12. The van der Waals surface area contributed by atoms with Gasteiger partial charge in [0.2, 0.25) is 5.91 Å². The van der Waals surface area contributed by atoms with Crippen LogP contribution in [0.4, 0.5) is 5.69 Å². The van der Waals surface area contributed by atoms with Crippen molar-refractivity contribution in [1.29, 1.82) is 0 Å². The number of aromatic nitrogens is 5. The molecule has 1 fully saturated rings. The molecule has 1 aliphatic rings. The molecule has 2 amide bonds. The number of rotatable bonds is 5. The van der Waals surface area contributed by atoms with Crippen molar-refractivity contribution < 1.29 is 14.3 Å². The third-order valence-corrected chi connectivity index (χ3v) is 7.10. The number of nitrogens with zero attached hydrogens (tertiary/aromatic N) is 6. The molecule has 3 atom stereocenters. The van der Waals surface area contributed by atoms with Crippen LogP contribution >= 0.6 is 0 Å². The van der Waals surface area contributed by atoms with Gasteiger partial charge in [0, 0.05) is 50.1 Å². The van der Waals surface area contributed by atoms with E-state index in [2.05, 4.69) is 22.3 Å². The van der Waals surface area contributed by atoms with E-state index in [1.165, 1.54) is 0 Å². The highest BCUT2D eigenvalue weighted by Crippen LogP contribution is 2.37. The second kappa shape index (κ2) is 9.01. The van der Waals surface area contributed by atoms with Crippen molar-refractivity contribution in [2.75, 3.05) is 19.5 Å². The van der Waals surface area contributed by atoms with Crippen LogP contribution in [0, 0.1) is 5.92 Å². The molecule has 10 heteroatoms. The van der Waals surface area contributed by atoms with Crippen molar-refractivity contribution in [3.05, 3.63) is 48.5 Å². The summed E-state index contributed by atoms with van der Waals surface area (Å²) in [4.78, 5) is 31.1. The first kappa shape index (κ1) is 22.8. The molecular formula is C25H29N7O3. The van der Waals surface area contributed by atoms with Crippen molar-refractivity contribution in [1.82, 2.24) is 29.3 Å². The van der Waals surface area contributed by atoms with Gasteiger partial charge in [-0.15, -0.1) is 0 Å². The molecular weight excluding hydrogens is 446 g/mol. The summed E-state index contributed by atoms with van der Waals surface area (Å²) >= 11 is 0. The lowest BCUT2D eigenvalue weighted by molar-refractivity contribution is -0.130. The van der Waals surface area contributed by atoms with Crippen LogP contribution in [0.3, 0.4) is 0 Å². The Balaban J connectivity index is 1.40. The molecule has 5 rings (SSSR count). The Morgan fingerprint density at radius 1 is 1.26 bits per heavy atom. The Kier molecular flexibility index (Phi) is 5.88. The van der Waals surface area contributed by atoms with Crippen molar-refractivity contribution in [2.45, 2.75) is 45.2 Å². The lowest BCUT2D eigenvalue weighted by Gasteiger charge is -2.38. The standard InChI is InChI=1S/C25H29N7O3/c1-15-10-18(30(3)16(2)33)6-7-22(15)32-14-17-11-19(23(35-4)12-20(17)29-32)25(34)28-21-13-27-31-9-5-8-26-24(21)31/h5,8-9,11-15,18,22H,6-7,10H2,1-4H3,(H,28,34)/t15-,18?,22?/m0/s1. The Hall–Kier alpha value is -3.95. The average molecular weight is 476 g/mol. The van der Waals surface area contributed by atoms with Crippen LogP contribution in [0.2, 0.25) is 0 Å². The first-order valence-corrected chi connectivity index (χ1v) is 11.8. The minimum atomic E-state index is -0.307. The van der Waals surface area contributed by atoms with E-state index in [4.69, 9.17) is 9.84 Å².